The number of hydrogen-bond acceptors (Lipinski definition) is 5. The van der Waals surface area contributed by atoms with Crippen LogP contribution in [0.15, 0.2) is 42.7 Å². The Bertz CT molecular complexity index is 841. The minimum Gasteiger partial charge on any atom is -0.287 e. The average Bonchev–Trinajstić information content (AvgIpc) is 2.90. The van der Waals surface area contributed by atoms with E-state index >= 15 is 0 Å². The summed E-state index contributed by atoms with van der Waals surface area (Å²) in [5.41, 5.74) is 6.65. The van der Waals surface area contributed by atoms with E-state index in [4.69, 9.17) is 11.6 Å². The minimum atomic E-state index is -0.840. The van der Waals surface area contributed by atoms with Gasteiger partial charge in [-0.3, -0.25) is 24.8 Å². The van der Waals surface area contributed by atoms with Crippen LogP contribution in [0.2, 0.25) is 5.02 Å². The largest absolute Gasteiger partial charge is 0.287 e. The van der Waals surface area contributed by atoms with Crippen molar-refractivity contribution < 1.29 is 14.4 Å². The van der Waals surface area contributed by atoms with Gasteiger partial charge in [0.15, 0.2) is 0 Å². The van der Waals surface area contributed by atoms with Crippen molar-refractivity contribution in [2.75, 3.05) is 4.90 Å². The maximum atomic E-state index is 12.5. The first-order valence-corrected chi connectivity index (χ1v) is 7.94. The van der Waals surface area contributed by atoms with Gasteiger partial charge < -0.3 is 0 Å². The lowest BCUT2D eigenvalue weighted by Crippen LogP contribution is -2.48. The van der Waals surface area contributed by atoms with Gasteiger partial charge in [-0.15, -0.1) is 0 Å². The Morgan fingerprint density at radius 2 is 2.12 bits per heavy atom. The molecule has 0 aliphatic carbocycles. The number of anilines is 1. The Balaban J connectivity index is 1.69. The Hall–Kier alpha value is -2.77. The third kappa shape index (κ3) is 3.52. The number of nitrogens with one attached hydrogen (secondary N) is 2. The van der Waals surface area contributed by atoms with E-state index in [0.29, 0.717) is 16.3 Å². The van der Waals surface area contributed by atoms with E-state index in [1.54, 1.807) is 36.5 Å². The monoisotopic (exact) mass is 358 g/mol. The van der Waals surface area contributed by atoms with Crippen molar-refractivity contribution in [2.24, 2.45) is 0 Å². The number of carbonyl (C=O) groups is 3. The van der Waals surface area contributed by atoms with Gasteiger partial charge in [-0.25, -0.2) is 10.3 Å². The lowest BCUT2D eigenvalue weighted by atomic mass is 10.2. The second kappa shape index (κ2) is 7.00. The van der Waals surface area contributed by atoms with Gasteiger partial charge in [-0.05, 0) is 36.8 Å². The Kier molecular flexibility index (Phi) is 4.78. The normalized spacial score (nSPS) is 17.0. The molecule has 1 aromatic carbocycles. The highest BCUT2D eigenvalue weighted by Crippen LogP contribution is 2.27. The number of halogens is 1. The summed E-state index contributed by atoms with van der Waals surface area (Å²) in [5.74, 6) is -1.25. The van der Waals surface area contributed by atoms with Crippen LogP contribution >= 0.6 is 11.6 Å². The summed E-state index contributed by atoms with van der Waals surface area (Å²) in [7, 11) is 0. The molecule has 3 amide bonds. The van der Waals surface area contributed by atoms with E-state index in [2.05, 4.69) is 15.8 Å². The summed E-state index contributed by atoms with van der Waals surface area (Å²) in [6.45, 7) is 1.83. The highest BCUT2D eigenvalue weighted by Gasteiger charge is 2.39. The number of nitrogens with zero attached hydrogens (tertiary/aromatic N) is 2. The number of aromatic nitrogens is 1. The third-order valence-electron chi connectivity index (χ3n) is 3.84. The predicted octanol–water partition coefficient (Wildman–Crippen LogP) is 1.61. The van der Waals surface area contributed by atoms with Gasteiger partial charge >= 0.3 is 0 Å². The topological polar surface area (TPSA) is 91.4 Å². The summed E-state index contributed by atoms with van der Waals surface area (Å²) in [6, 6.07) is 7.35. The first-order valence-electron chi connectivity index (χ1n) is 7.56. The van der Waals surface area contributed by atoms with E-state index in [-0.39, 0.29) is 12.3 Å². The molecule has 7 nitrogen and oxygen atoms in total. The third-order valence-corrected chi connectivity index (χ3v) is 4.25. The molecule has 1 aromatic heterocycles. The quantitative estimate of drug-likeness (QED) is 0.640. The fourth-order valence-electron chi connectivity index (χ4n) is 2.46. The Morgan fingerprint density at radius 1 is 1.32 bits per heavy atom. The van der Waals surface area contributed by atoms with Gasteiger partial charge in [0.2, 0.25) is 5.91 Å². The summed E-state index contributed by atoms with van der Waals surface area (Å²) < 4.78 is 0. The molecule has 3 rings (SSSR count). The first-order chi connectivity index (χ1) is 12.0. The summed E-state index contributed by atoms with van der Waals surface area (Å²) in [6.07, 6.45) is 2.89. The van der Waals surface area contributed by atoms with Crippen LogP contribution in [0.4, 0.5) is 5.69 Å². The zero-order chi connectivity index (χ0) is 18.0. The first kappa shape index (κ1) is 17.1. The molecular weight excluding hydrogens is 344 g/mol. The molecule has 2 aromatic rings. The van der Waals surface area contributed by atoms with Gasteiger partial charge in [-0.1, -0.05) is 17.7 Å². The molecule has 2 N–H and O–H groups in total. The van der Waals surface area contributed by atoms with Gasteiger partial charge in [0.1, 0.15) is 6.04 Å². The van der Waals surface area contributed by atoms with E-state index in [1.165, 1.54) is 6.20 Å². The number of pyridine rings is 1. The lowest BCUT2D eigenvalue weighted by molar-refractivity contribution is -0.121. The number of rotatable bonds is 4. The van der Waals surface area contributed by atoms with Crippen molar-refractivity contribution in [1.82, 2.24) is 15.8 Å². The van der Waals surface area contributed by atoms with Crippen LogP contribution in [-0.4, -0.2) is 28.7 Å². The SMILES string of the molecule is Cc1ccc(N2C(=O)C[C@@H](NNC(=O)c3cccnc3)C2=O)cc1Cl. The second-order valence-corrected chi connectivity index (χ2v) is 6.00. The fourth-order valence-corrected chi connectivity index (χ4v) is 2.63. The van der Waals surface area contributed by atoms with Crippen LogP contribution in [-0.2, 0) is 9.59 Å². The number of hydrazine groups is 1. The molecule has 0 unspecified atom stereocenters. The molecule has 25 heavy (non-hydrogen) atoms. The second-order valence-electron chi connectivity index (χ2n) is 5.60. The summed E-state index contributed by atoms with van der Waals surface area (Å²) >= 11 is 6.07. The molecule has 0 radical (unpaired) electrons. The smallest absolute Gasteiger partial charge is 0.266 e. The van der Waals surface area contributed by atoms with Crippen LogP contribution in [0.25, 0.3) is 0 Å². The molecule has 1 aliphatic rings. The molecule has 1 atom stereocenters. The molecule has 2 heterocycles. The van der Waals surface area contributed by atoms with Crippen molar-refractivity contribution in [2.45, 2.75) is 19.4 Å². The van der Waals surface area contributed by atoms with E-state index in [1.807, 2.05) is 6.92 Å². The zero-order valence-electron chi connectivity index (χ0n) is 13.3. The Labute approximate surface area is 149 Å². The van der Waals surface area contributed by atoms with Gasteiger partial charge in [-0.2, -0.15) is 0 Å². The average molecular weight is 359 g/mol. The summed E-state index contributed by atoms with van der Waals surface area (Å²) in [5, 5.41) is 0.472. The maximum absolute atomic E-state index is 12.5. The number of imide groups is 1. The van der Waals surface area contributed by atoms with Crippen LogP contribution in [0.3, 0.4) is 0 Å². The van der Waals surface area contributed by atoms with Crippen molar-refractivity contribution in [3.63, 3.8) is 0 Å². The van der Waals surface area contributed by atoms with E-state index in [9.17, 15) is 14.4 Å². The number of amides is 3. The van der Waals surface area contributed by atoms with Crippen molar-refractivity contribution >= 4 is 35.0 Å². The van der Waals surface area contributed by atoms with Crippen molar-refractivity contribution in [3.05, 3.63) is 58.9 Å². The standard InChI is InChI=1S/C17H15ClN4O3/c1-10-4-5-12(7-13(10)18)22-15(23)8-14(17(22)25)20-21-16(24)11-3-2-6-19-9-11/h2-7,9,14,20H,8H2,1H3,(H,21,24)/t14-/m1/s1. The van der Waals surface area contributed by atoms with Crippen LogP contribution in [0.5, 0.6) is 0 Å². The van der Waals surface area contributed by atoms with Crippen LogP contribution < -0.4 is 15.8 Å². The molecule has 1 saturated heterocycles. The number of carbonyl (C=O) groups excluding carboxylic acids is 3. The fraction of sp³-hybridized carbons (Fsp3) is 0.176. The summed E-state index contributed by atoms with van der Waals surface area (Å²) in [4.78, 5) is 41.6. The molecule has 128 valence electrons. The highest BCUT2D eigenvalue weighted by molar-refractivity contribution is 6.32. The molecule has 0 bridgehead atoms. The minimum absolute atomic E-state index is 0.0579. The Morgan fingerprint density at radius 3 is 2.80 bits per heavy atom. The van der Waals surface area contributed by atoms with Gasteiger partial charge in [0.25, 0.3) is 11.8 Å². The van der Waals surface area contributed by atoms with Crippen LogP contribution in [0, 0.1) is 6.92 Å². The molecular formula is C17H15ClN4O3. The molecule has 0 saturated carbocycles. The van der Waals surface area contributed by atoms with Crippen molar-refractivity contribution in [1.29, 1.82) is 0 Å². The zero-order valence-corrected chi connectivity index (χ0v) is 14.1. The van der Waals surface area contributed by atoms with Gasteiger partial charge in [0.05, 0.1) is 17.7 Å². The predicted molar refractivity (Wildman–Crippen MR) is 91.9 cm³/mol. The van der Waals surface area contributed by atoms with Crippen molar-refractivity contribution in [3.8, 4) is 0 Å². The highest BCUT2D eigenvalue weighted by atomic mass is 35.5. The van der Waals surface area contributed by atoms with Gasteiger partial charge in [0, 0.05) is 17.4 Å². The molecule has 1 fully saturated rings. The van der Waals surface area contributed by atoms with Crippen LogP contribution in [0.1, 0.15) is 22.3 Å². The van der Waals surface area contributed by atoms with E-state index < -0.39 is 17.9 Å². The maximum Gasteiger partial charge on any atom is 0.266 e. The number of aryl methyl sites for hydroxylation is 1. The number of benzene rings is 1. The lowest BCUT2D eigenvalue weighted by Gasteiger charge is -2.16. The molecule has 8 heteroatoms. The molecule has 0 spiro atoms. The molecule has 1 aliphatic heterocycles. The van der Waals surface area contributed by atoms with E-state index in [0.717, 1.165) is 10.5 Å². The number of hydrogen-bond donors (Lipinski definition) is 2.